The molecule has 0 rings (SSSR count). The van der Waals surface area contributed by atoms with Crippen LogP contribution in [0.25, 0.3) is 0 Å². The molecule has 0 saturated heterocycles. The molecule has 0 aromatic rings. The number of hydrogen-bond donors (Lipinski definition) is 1. The molecule has 0 aliphatic carbocycles. The minimum atomic E-state index is -1.82. The summed E-state index contributed by atoms with van der Waals surface area (Å²) in [5, 5.41) is 11.1. The number of hydrogen-bond acceptors (Lipinski definition) is 3. The van der Waals surface area contributed by atoms with Crippen molar-refractivity contribution in [3.63, 3.8) is 0 Å². The van der Waals surface area contributed by atoms with Gasteiger partial charge < -0.3 is 14.0 Å². The number of aliphatic hydroxyl groups excluding tert-OH is 1. The molecule has 0 aromatic carbocycles. The summed E-state index contributed by atoms with van der Waals surface area (Å²) < 4.78 is 12.8. The van der Waals surface area contributed by atoms with Gasteiger partial charge in [0.2, 0.25) is 0 Å². The predicted molar refractivity (Wildman–Crippen MR) is 115 cm³/mol. The lowest BCUT2D eigenvalue weighted by Crippen LogP contribution is -2.47. The Kier molecular flexibility index (Phi) is 9.12. The molecule has 0 amide bonds. The van der Waals surface area contributed by atoms with Crippen LogP contribution in [0.5, 0.6) is 0 Å². The van der Waals surface area contributed by atoms with Gasteiger partial charge in [-0.3, -0.25) is 0 Å². The zero-order chi connectivity index (χ0) is 20.3. The lowest BCUT2D eigenvalue weighted by Gasteiger charge is -2.41. The molecule has 0 radical (unpaired) electrons. The van der Waals surface area contributed by atoms with Crippen molar-refractivity contribution < 1.29 is 14.0 Å². The summed E-state index contributed by atoms with van der Waals surface area (Å²) in [5.41, 5.74) is 0. The van der Waals surface area contributed by atoms with Crippen molar-refractivity contribution >= 4 is 16.6 Å². The van der Waals surface area contributed by atoms with Gasteiger partial charge in [0.1, 0.15) is 0 Å². The van der Waals surface area contributed by atoms with Gasteiger partial charge in [-0.1, -0.05) is 55.4 Å². The topological polar surface area (TPSA) is 38.7 Å². The number of aliphatic hydroxyl groups is 1. The van der Waals surface area contributed by atoms with E-state index in [4.69, 9.17) is 8.85 Å². The van der Waals surface area contributed by atoms with E-state index in [9.17, 15) is 5.11 Å². The Labute approximate surface area is 160 Å². The number of rotatable bonds is 9. The van der Waals surface area contributed by atoms with Gasteiger partial charge in [-0.2, -0.15) is 0 Å². The second-order valence-electron chi connectivity index (χ2n) is 10.6. The lowest BCUT2D eigenvalue weighted by atomic mass is 9.94. The van der Waals surface area contributed by atoms with Gasteiger partial charge in [0.05, 0.1) is 6.10 Å². The summed E-state index contributed by atoms with van der Waals surface area (Å²) in [5.74, 6) is 0.127. The lowest BCUT2D eigenvalue weighted by molar-refractivity contribution is 0.0149. The first-order chi connectivity index (χ1) is 11.0. The fraction of sp³-hybridized carbons (Fsp3) is 1.00. The van der Waals surface area contributed by atoms with Gasteiger partial charge in [0.15, 0.2) is 16.6 Å². The van der Waals surface area contributed by atoms with E-state index < -0.39 is 16.6 Å². The van der Waals surface area contributed by atoms with Crippen LogP contribution in [-0.4, -0.2) is 40.6 Å². The summed E-state index contributed by atoms with van der Waals surface area (Å²) in [6, 6.07) is 0. The smallest absolute Gasteiger partial charge is 0.192 e. The summed E-state index contributed by atoms with van der Waals surface area (Å²) >= 11 is 0. The van der Waals surface area contributed by atoms with Crippen LogP contribution in [0.4, 0.5) is 0 Å². The predicted octanol–water partition coefficient (Wildman–Crippen LogP) is 6.20. The molecule has 0 fully saturated rings. The van der Waals surface area contributed by atoms with Crippen molar-refractivity contribution in [2.24, 2.45) is 5.92 Å². The first-order valence-electron chi connectivity index (χ1n) is 9.96. The fourth-order valence-electron chi connectivity index (χ4n) is 2.28. The Balaban J connectivity index is 4.73. The minimum absolute atomic E-state index is 0.115. The third kappa shape index (κ3) is 7.45. The van der Waals surface area contributed by atoms with Crippen LogP contribution in [0.1, 0.15) is 68.2 Å². The van der Waals surface area contributed by atoms with Gasteiger partial charge in [-0.15, -0.1) is 0 Å². The van der Waals surface area contributed by atoms with Crippen molar-refractivity contribution in [2.45, 2.75) is 117 Å². The van der Waals surface area contributed by atoms with Gasteiger partial charge in [-0.05, 0) is 49.1 Å². The molecule has 0 saturated carbocycles. The summed E-state index contributed by atoms with van der Waals surface area (Å²) in [6.07, 6.45) is 1.36. The normalized spacial score (nSPS) is 18.1. The highest BCUT2D eigenvalue weighted by molar-refractivity contribution is 6.74. The molecule has 0 unspecified atom stereocenters. The second kappa shape index (κ2) is 9.00. The van der Waals surface area contributed by atoms with Crippen molar-refractivity contribution in [3.8, 4) is 0 Å². The molecule has 3 atom stereocenters. The second-order valence-corrected chi connectivity index (χ2v) is 20.2. The molecular formula is C20H46O3Si2. The van der Waals surface area contributed by atoms with E-state index >= 15 is 0 Å². The van der Waals surface area contributed by atoms with Crippen LogP contribution in [0, 0.1) is 5.92 Å². The standard InChI is InChI=1S/C20H46O3Si2/c1-13-18(23-25(11,12)20(6,7)8)16(2)17(21)14-15-22-24(9,10)19(3,4)5/h16-18,21H,13-15H2,1-12H3/t16-,17+,18-/m1/s1. The average molecular weight is 391 g/mol. The molecule has 3 nitrogen and oxygen atoms in total. The fourth-order valence-corrected chi connectivity index (χ4v) is 4.83. The van der Waals surface area contributed by atoms with Crippen molar-refractivity contribution in [3.05, 3.63) is 0 Å². The van der Waals surface area contributed by atoms with Crippen LogP contribution < -0.4 is 0 Å². The van der Waals surface area contributed by atoms with Crippen LogP contribution >= 0.6 is 0 Å². The molecular weight excluding hydrogens is 344 g/mol. The Hall–Kier alpha value is 0.314. The van der Waals surface area contributed by atoms with E-state index in [1.165, 1.54) is 0 Å². The highest BCUT2D eigenvalue weighted by atomic mass is 28.4. The maximum absolute atomic E-state index is 10.7. The highest BCUT2D eigenvalue weighted by Gasteiger charge is 2.41. The van der Waals surface area contributed by atoms with Crippen molar-refractivity contribution in [1.29, 1.82) is 0 Å². The van der Waals surface area contributed by atoms with E-state index in [0.717, 1.165) is 6.42 Å². The molecule has 152 valence electrons. The Morgan fingerprint density at radius 3 is 1.68 bits per heavy atom. The quantitative estimate of drug-likeness (QED) is 0.477. The molecule has 1 N–H and O–H groups in total. The molecule has 5 heteroatoms. The first kappa shape index (κ1) is 25.3. The molecule has 0 aromatic heterocycles. The van der Waals surface area contributed by atoms with E-state index in [-0.39, 0.29) is 28.2 Å². The zero-order valence-corrected chi connectivity index (χ0v) is 21.1. The van der Waals surface area contributed by atoms with Crippen molar-refractivity contribution in [1.82, 2.24) is 0 Å². The van der Waals surface area contributed by atoms with Crippen molar-refractivity contribution in [2.75, 3.05) is 6.61 Å². The Bertz CT molecular complexity index is 395. The summed E-state index contributed by atoms with van der Waals surface area (Å²) in [6.45, 7) is 27.6. The maximum atomic E-state index is 10.7. The van der Waals surface area contributed by atoms with Gasteiger partial charge in [0.25, 0.3) is 0 Å². The van der Waals surface area contributed by atoms with Crippen LogP contribution in [0.3, 0.4) is 0 Å². The minimum Gasteiger partial charge on any atom is -0.417 e. The monoisotopic (exact) mass is 390 g/mol. The highest BCUT2D eigenvalue weighted by Crippen LogP contribution is 2.39. The zero-order valence-electron chi connectivity index (χ0n) is 19.1. The largest absolute Gasteiger partial charge is 0.417 e. The molecule has 0 spiro atoms. The van der Waals surface area contributed by atoms with Crippen LogP contribution in [0.15, 0.2) is 0 Å². The molecule has 0 aliphatic rings. The molecule has 0 heterocycles. The van der Waals surface area contributed by atoms with Gasteiger partial charge >= 0.3 is 0 Å². The van der Waals surface area contributed by atoms with E-state index in [2.05, 4.69) is 81.6 Å². The summed E-state index contributed by atoms with van der Waals surface area (Å²) in [7, 11) is -3.56. The Morgan fingerprint density at radius 2 is 1.32 bits per heavy atom. The third-order valence-corrected chi connectivity index (χ3v) is 15.6. The van der Waals surface area contributed by atoms with Gasteiger partial charge in [-0.25, -0.2) is 0 Å². The third-order valence-electron chi connectivity index (χ3n) is 6.53. The average Bonchev–Trinajstić information content (AvgIpc) is 2.41. The summed E-state index contributed by atoms with van der Waals surface area (Å²) in [4.78, 5) is 0. The molecule has 25 heavy (non-hydrogen) atoms. The first-order valence-corrected chi connectivity index (χ1v) is 15.8. The van der Waals surface area contributed by atoms with E-state index in [0.29, 0.717) is 13.0 Å². The van der Waals surface area contributed by atoms with E-state index in [1.807, 2.05) is 0 Å². The van der Waals surface area contributed by atoms with E-state index in [1.54, 1.807) is 0 Å². The molecule has 0 aliphatic heterocycles. The van der Waals surface area contributed by atoms with Gasteiger partial charge in [0, 0.05) is 18.6 Å². The molecule has 0 bridgehead atoms. The van der Waals surface area contributed by atoms with Crippen LogP contribution in [0.2, 0.25) is 36.3 Å². The van der Waals surface area contributed by atoms with Crippen LogP contribution in [-0.2, 0) is 8.85 Å². The SMILES string of the molecule is CC[C@@H](O[Si](C)(C)C(C)(C)C)[C@H](C)[C@@H](O)CCO[Si](C)(C)C(C)(C)C. The Morgan fingerprint density at radius 1 is 0.880 bits per heavy atom. The maximum Gasteiger partial charge on any atom is 0.192 e.